The molecule has 0 amide bonds. The Labute approximate surface area is 108 Å². The van der Waals surface area contributed by atoms with Crippen LogP contribution in [0.15, 0.2) is 47.1 Å². The molecule has 1 aromatic heterocycles. The van der Waals surface area contributed by atoms with Gasteiger partial charge in [-0.3, -0.25) is 9.78 Å². The monoisotopic (exact) mass is 290 g/mol. The van der Waals surface area contributed by atoms with Crippen LogP contribution < -0.4 is 5.73 Å². The molecule has 0 spiro atoms. The number of nitrogen functional groups attached to an aromatic ring is 1. The fourth-order valence-corrected chi connectivity index (χ4v) is 1.94. The van der Waals surface area contributed by atoms with E-state index in [0.717, 1.165) is 10.0 Å². The summed E-state index contributed by atoms with van der Waals surface area (Å²) in [5.41, 5.74) is 7.48. The van der Waals surface area contributed by atoms with Crippen molar-refractivity contribution in [3.05, 3.63) is 58.3 Å². The van der Waals surface area contributed by atoms with Crippen molar-refractivity contribution in [3.63, 3.8) is 0 Å². The summed E-state index contributed by atoms with van der Waals surface area (Å²) in [5, 5.41) is 0. The molecule has 1 aromatic carbocycles. The lowest BCUT2D eigenvalue weighted by atomic mass is 10.1. The first-order chi connectivity index (χ1) is 8.15. The molecule has 3 nitrogen and oxygen atoms in total. The Hall–Kier alpha value is -1.68. The van der Waals surface area contributed by atoms with Gasteiger partial charge in [0.15, 0.2) is 5.78 Å². The maximum absolute atomic E-state index is 11.9. The summed E-state index contributed by atoms with van der Waals surface area (Å²) in [6.07, 6.45) is 1.84. The van der Waals surface area contributed by atoms with Crippen molar-refractivity contribution in [2.75, 3.05) is 5.73 Å². The molecule has 0 bridgehead atoms. The zero-order valence-corrected chi connectivity index (χ0v) is 10.6. The van der Waals surface area contributed by atoms with E-state index in [1.54, 1.807) is 12.1 Å². The molecular weight excluding hydrogens is 280 g/mol. The first-order valence-corrected chi connectivity index (χ1v) is 5.93. The molecule has 0 saturated heterocycles. The van der Waals surface area contributed by atoms with Gasteiger partial charge in [0.2, 0.25) is 0 Å². The van der Waals surface area contributed by atoms with E-state index >= 15 is 0 Å². The summed E-state index contributed by atoms with van der Waals surface area (Å²) in [5.74, 6) is -0.0110. The van der Waals surface area contributed by atoms with E-state index < -0.39 is 0 Å². The molecule has 0 aliphatic rings. The number of aromatic nitrogens is 1. The van der Waals surface area contributed by atoms with Gasteiger partial charge in [-0.05, 0) is 29.8 Å². The smallest absolute Gasteiger partial charge is 0.185 e. The molecule has 1 heterocycles. The largest absolute Gasteiger partial charge is 0.397 e. The highest BCUT2D eigenvalue weighted by Crippen LogP contribution is 2.13. The fourth-order valence-electron chi connectivity index (χ4n) is 1.49. The lowest BCUT2D eigenvalue weighted by Gasteiger charge is -2.02. The summed E-state index contributed by atoms with van der Waals surface area (Å²) in [6.45, 7) is 0. The molecule has 2 N–H and O–H groups in total. The van der Waals surface area contributed by atoms with Crippen molar-refractivity contribution in [1.29, 1.82) is 0 Å². The zero-order valence-electron chi connectivity index (χ0n) is 9.06. The van der Waals surface area contributed by atoms with Crippen LogP contribution in [0.3, 0.4) is 0 Å². The van der Waals surface area contributed by atoms with Gasteiger partial charge in [-0.2, -0.15) is 0 Å². The highest BCUT2D eigenvalue weighted by atomic mass is 79.9. The lowest BCUT2D eigenvalue weighted by Crippen LogP contribution is -2.06. The highest BCUT2D eigenvalue weighted by Gasteiger charge is 2.08. The van der Waals surface area contributed by atoms with Crippen molar-refractivity contribution in [1.82, 2.24) is 4.98 Å². The standard InChI is InChI=1S/C13H11BrN2O/c14-10-3-1-2-9(6-10)7-13(17)12-5-4-11(15)8-16-12/h1-6,8H,7,15H2. The predicted molar refractivity (Wildman–Crippen MR) is 70.8 cm³/mol. The van der Waals surface area contributed by atoms with E-state index in [1.807, 2.05) is 24.3 Å². The van der Waals surface area contributed by atoms with Gasteiger partial charge in [0.25, 0.3) is 0 Å². The van der Waals surface area contributed by atoms with Crippen LogP contribution >= 0.6 is 15.9 Å². The van der Waals surface area contributed by atoms with Gasteiger partial charge in [-0.25, -0.2) is 0 Å². The Kier molecular flexibility index (Phi) is 3.54. The van der Waals surface area contributed by atoms with Crippen LogP contribution in [0.2, 0.25) is 0 Å². The zero-order chi connectivity index (χ0) is 12.3. The predicted octanol–water partition coefficient (Wildman–Crippen LogP) is 2.85. The van der Waals surface area contributed by atoms with Gasteiger partial charge in [-0.1, -0.05) is 28.1 Å². The summed E-state index contributed by atoms with van der Waals surface area (Å²) >= 11 is 3.37. The topological polar surface area (TPSA) is 56.0 Å². The van der Waals surface area contributed by atoms with Crippen LogP contribution in [0.5, 0.6) is 0 Å². The molecule has 0 aliphatic heterocycles. The summed E-state index contributed by atoms with van der Waals surface area (Å²) in [4.78, 5) is 15.9. The molecule has 0 fully saturated rings. The van der Waals surface area contributed by atoms with Crippen molar-refractivity contribution in [2.24, 2.45) is 0 Å². The van der Waals surface area contributed by atoms with E-state index in [9.17, 15) is 4.79 Å². The second-order valence-corrected chi connectivity index (χ2v) is 4.62. The van der Waals surface area contributed by atoms with Gasteiger partial charge >= 0.3 is 0 Å². The molecule has 4 heteroatoms. The number of benzene rings is 1. The van der Waals surface area contributed by atoms with Crippen LogP contribution in [0.25, 0.3) is 0 Å². The van der Waals surface area contributed by atoms with Crippen molar-refractivity contribution >= 4 is 27.4 Å². The fraction of sp³-hybridized carbons (Fsp3) is 0.0769. The Morgan fingerprint density at radius 1 is 1.29 bits per heavy atom. The van der Waals surface area contributed by atoms with Crippen LogP contribution in [0, 0.1) is 0 Å². The van der Waals surface area contributed by atoms with Gasteiger partial charge in [0.05, 0.1) is 11.9 Å². The third kappa shape index (κ3) is 3.14. The lowest BCUT2D eigenvalue weighted by molar-refractivity contribution is 0.0988. The maximum atomic E-state index is 11.9. The number of hydrogen-bond donors (Lipinski definition) is 1. The maximum Gasteiger partial charge on any atom is 0.185 e. The average molecular weight is 291 g/mol. The number of halogens is 1. The average Bonchev–Trinajstić information content (AvgIpc) is 2.29. The van der Waals surface area contributed by atoms with E-state index in [0.29, 0.717) is 17.8 Å². The van der Waals surface area contributed by atoms with Crippen LogP contribution in [-0.4, -0.2) is 10.8 Å². The van der Waals surface area contributed by atoms with Crippen LogP contribution in [-0.2, 0) is 6.42 Å². The third-order valence-corrected chi connectivity index (χ3v) is 2.82. The SMILES string of the molecule is Nc1ccc(C(=O)Cc2cccc(Br)c2)nc1. The van der Waals surface area contributed by atoms with E-state index in [4.69, 9.17) is 5.73 Å². The Bertz CT molecular complexity index is 537. The van der Waals surface area contributed by atoms with E-state index in [1.165, 1.54) is 6.20 Å². The molecule has 0 unspecified atom stereocenters. The minimum Gasteiger partial charge on any atom is -0.397 e. The number of nitrogens with zero attached hydrogens (tertiary/aromatic N) is 1. The number of rotatable bonds is 3. The molecule has 2 aromatic rings. The van der Waals surface area contributed by atoms with Crippen molar-refractivity contribution in [2.45, 2.75) is 6.42 Å². The molecule has 0 atom stereocenters. The van der Waals surface area contributed by atoms with Crippen molar-refractivity contribution in [3.8, 4) is 0 Å². The minimum absolute atomic E-state index is 0.0110. The first-order valence-electron chi connectivity index (χ1n) is 5.14. The van der Waals surface area contributed by atoms with Crippen LogP contribution in [0.4, 0.5) is 5.69 Å². The number of carbonyl (C=O) groups is 1. The number of nitrogens with two attached hydrogens (primary N) is 1. The van der Waals surface area contributed by atoms with Gasteiger partial charge in [0, 0.05) is 10.9 Å². The summed E-state index contributed by atoms with van der Waals surface area (Å²) < 4.78 is 0.966. The first kappa shape index (κ1) is 11.8. The van der Waals surface area contributed by atoms with Gasteiger partial charge in [0.1, 0.15) is 5.69 Å². The number of ketones is 1. The third-order valence-electron chi connectivity index (χ3n) is 2.33. The number of Topliss-reactive ketones (excluding diaryl/α,β-unsaturated/α-hetero) is 1. The minimum atomic E-state index is -0.0110. The number of pyridine rings is 1. The summed E-state index contributed by atoms with van der Waals surface area (Å²) in [7, 11) is 0. The second kappa shape index (κ2) is 5.10. The van der Waals surface area contributed by atoms with Gasteiger partial charge in [-0.15, -0.1) is 0 Å². The van der Waals surface area contributed by atoms with Crippen molar-refractivity contribution < 1.29 is 4.79 Å². The second-order valence-electron chi connectivity index (χ2n) is 3.71. The Balaban J connectivity index is 2.14. The van der Waals surface area contributed by atoms with Gasteiger partial charge < -0.3 is 5.73 Å². The Morgan fingerprint density at radius 2 is 2.12 bits per heavy atom. The molecule has 0 radical (unpaired) electrons. The molecule has 17 heavy (non-hydrogen) atoms. The van der Waals surface area contributed by atoms with Crippen LogP contribution in [0.1, 0.15) is 16.1 Å². The quantitative estimate of drug-likeness (QED) is 0.885. The number of hydrogen-bond acceptors (Lipinski definition) is 3. The molecule has 0 aliphatic carbocycles. The molecule has 0 saturated carbocycles. The normalized spacial score (nSPS) is 10.2. The molecule has 2 rings (SSSR count). The molecular formula is C13H11BrN2O. The highest BCUT2D eigenvalue weighted by molar-refractivity contribution is 9.10. The summed E-state index contributed by atoms with van der Waals surface area (Å²) in [6, 6.07) is 11.0. The molecule has 86 valence electrons. The Morgan fingerprint density at radius 3 is 2.76 bits per heavy atom. The number of carbonyl (C=O) groups excluding carboxylic acids is 1. The van der Waals surface area contributed by atoms with E-state index in [-0.39, 0.29) is 5.78 Å². The number of anilines is 1. The van der Waals surface area contributed by atoms with E-state index in [2.05, 4.69) is 20.9 Å².